The number of aryl methyl sites for hydroxylation is 1. The van der Waals surface area contributed by atoms with E-state index in [1.54, 1.807) is 6.07 Å². The van der Waals surface area contributed by atoms with Crippen molar-refractivity contribution < 1.29 is 14.5 Å². The van der Waals surface area contributed by atoms with Gasteiger partial charge in [0.15, 0.2) is 0 Å². The van der Waals surface area contributed by atoms with Crippen LogP contribution in [-0.2, 0) is 16.0 Å². The van der Waals surface area contributed by atoms with Crippen molar-refractivity contribution in [1.29, 1.82) is 0 Å². The molecule has 0 aromatic heterocycles. The Hall–Kier alpha value is -3.22. The van der Waals surface area contributed by atoms with Gasteiger partial charge in [0.05, 0.1) is 16.5 Å². The predicted octanol–water partition coefficient (Wildman–Crippen LogP) is 3.15. The Kier molecular flexibility index (Phi) is 4.97. The van der Waals surface area contributed by atoms with Crippen LogP contribution in [0.5, 0.6) is 0 Å². The molecule has 1 heterocycles. The third-order valence-electron chi connectivity index (χ3n) is 4.50. The van der Waals surface area contributed by atoms with Crippen LogP contribution in [-0.4, -0.2) is 23.3 Å². The first-order valence-corrected chi connectivity index (χ1v) is 8.43. The summed E-state index contributed by atoms with van der Waals surface area (Å²) in [7, 11) is 0. The Morgan fingerprint density at radius 2 is 2.04 bits per heavy atom. The molecule has 7 heteroatoms. The van der Waals surface area contributed by atoms with Crippen LogP contribution >= 0.6 is 0 Å². The number of nitrogens with one attached hydrogen (secondary N) is 1. The minimum atomic E-state index is -0.504. The average molecular weight is 353 g/mol. The first-order valence-electron chi connectivity index (χ1n) is 8.43. The molecule has 2 aromatic carbocycles. The lowest BCUT2D eigenvalue weighted by Crippen LogP contribution is -2.28. The van der Waals surface area contributed by atoms with Crippen molar-refractivity contribution in [3.05, 3.63) is 64.2 Å². The maximum Gasteiger partial charge on any atom is 0.271 e. The van der Waals surface area contributed by atoms with E-state index in [1.165, 1.54) is 23.1 Å². The van der Waals surface area contributed by atoms with E-state index in [-0.39, 0.29) is 30.5 Å². The van der Waals surface area contributed by atoms with E-state index in [9.17, 15) is 19.7 Å². The van der Waals surface area contributed by atoms with E-state index in [4.69, 9.17) is 0 Å². The number of non-ortho nitro benzene ring substituents is 1. The molecule has 1 fully saturated rings. The van der Waals surface area contributed by atoms with Crippen molar-refractivity contribution in [2.24, 2.45) is 5.92 Å². The zero-order chi connectivity index (χ0) is 18.7. The van der Waals surface area contributed by atoms with Crippen LogP contribution in [0, 0.1) is 16.0 Å². The first kappa shape index (κ1) is 17.6. The summed E-state index contributed by atoms with van der Waals surface area (Å²) in [5, 5.41) is 13.8. The molecule has 3 rings (SSSR count). The van der Waals surface area contributed by atoms with Gasteiger partial charge in [-0.25, -0.2) is 0 Å². The molecule has 0 aliphatic carbocycles. The van der Waals surface area contributed by atoms with Crippen molar-refractivity contribution in [2.45, 2.75) is 19.8 Å². The summed E-state index contributed by atoms with van der Waals surface area (Å²) in [6, 6.07) is 13.4. The molecule has 1 N–H and O–H groups in total. The third kappa shape index (κ3) is 3.56. The SMILES string of the molecule is CCc1ccccc1NC(=O)C1CC(=O)N(c2cccc([N+](=O)[O-])c2)C1. The standard InChI is InChI=1S/C19H19N3O4/c1-2-13-6-3-4-9-17(13)20-19(24)14-10-18(23)21(12-14)15-7-5-8-16(11-15)22(25)26/h3-9,11,14H,2,10,12H2,1H3,(H,20,24). The Labute approximate surface area is 150 Å². The van der Waals surface area contributed by atoms with Crippen molar-refractivity contribution in [1.82, 2.24) is 0 Å². The predicted molar refractivity (Wildman–Crippen MR) is 98.0 cm³/mol. The van der Waals surface area contributed by atoms with Crippen molar-refractivity contribution in [3.8, 4) is 0 Å². The monoisotopic (exact) mass is 353 g/mol. The fourth-order valence-electron chi connectivity index (χ4n) is 3.09. The van der Waals surface area contributed by atoms with Crippen molar-refractivity contribution in [3.63, 3.8) is 0 Å². The van der Waals surface area contributed by atoms with E-state index in [2.05, 4.69) is 5.32 Å². The molecule has 1 aliphatic rings. The normalized spacial score (nSPS) is 16.6. The van der Waals surface area contributed by atoms with Gasteiger partial charge in [0.1, 0.15) is 0 Å². The van der Waals surface area contributed by atoms with E-state index >= 15 is 0 Å². The molecule has 1 unspecified atom stereocenters. The third-order valence-corrected chi connectivity index (χ3v) is 4.50. The van der Waals surface area contributed by atoms with Gasteiger partial charge >= 0.3 is 0 Å². The molecule has 2 aromatic rings. The Bertz CT molecular complexity index is 865. The first-order chi connectivity index (χ1) is 12.5. The average Bonchev–Trinajstić information content (AvgIpc) is 3.04. The van der Waals surface area contributed by atoms with E-state index < -0.39 is 10.8 Å². The molecule has 0 bridgehead atoms. The highest BCUT2D eigenvalue weighted by Crippen LogP contribution is 2.29. The highest BCUT2D eigenvalue weighted by molar-refractivity contribution is 6.03. The molecule has 0 saturated carbocycles. The maximum atomic E-state index is 12.6. The second-order valence-electron chi connectivity index (χ2n) is 6.18. The molecule has 0 spiro atoms. The van der Waals surface area contributed by atoms with Gasteiger partial charge in [-0.15, -0.1) is 0 Å². The highest BCUT2D eigenvalue weighted by Gasteiger charge is 2.35. The molecule has 134 valence electrons. The summed E-state index contributed by atoms with van der Waals surface area (Å²) in [6.45, 7) is 2.22. The number of rotatable bonds is 5. The lowest BCUT2D eigenvalue weighted by atomic mass is 10.1. The number of hydrogen-bond acceptors (Lipinski definition) is 4. The van der Waals surface area contributed by atoms with Gasteiger partial charge in [0.25, 0.3) is 5.69 Å². The zero-order valence-electron chi connectivity index (χ0n) is 14.3. The minimum Gasteiger partial charge on any atom is -0.326 e. The number of carbonyl (C=O) groups is 2. The van der Waals surface area contributed by atoms with Crippen LogP contribution in [0.1, 0.15) is 18.9 Å². The van der Waals surface area contributed by atoms with Crippen LogP contribution in [0.4, 0.5) is 17.1 Å². The van der Waals surface area contributed by atoms with Crippen LogP contribution in [0.15, 0.2) is 48.5 Å². The highest BCUT2D eigenvalue weighted by atomic mass is 16.6. The van der Waals surface area contributed by atoms with Crippen molar-refractivity contribution >= 4 is 28.9 Å². The number of nitrogens with zero attached hydrogens (tertiary/aromatic N) is 2. The number of para-hydroxylation sites is 1. The smallest absolute Gasteiger partial charge is 0.271 e. The van der Waals surface area contributed by atoms with Gasteiger partial charge in [-0.05, 0) is 24.1 Å². The van der Waals surface area contributed by atoms with Gasteiger partial charge in [0.2, 0.25) is 11.8 Å². The number of amides is 2. The van der Waals surface area contributed by atoms with Gasteiger partial charge in [0, 0.05) is 30.8 Å². The summed E-state index contributed by atoms with van der Waals surface area (Å²) in [5.74, 6) is -0.923. The number of nitro benzene ring substituents is 1. The second kappa shape index (κ2) is 7.35. The number of carbonyl (C=O) groups excluding carboxylic acids is 2. The van der Waals surface area contributed by atoms with Gasteiger partial charge in [-0.3, -0.25) is 19.7 Å². The van der Waals surface area contributed by atoms with E-state index in [0.29, 0.717) is 5.69 Å². The Morgan fingerprint density at radius 3 is 2.77 bits per heavy atom. The summed E-state index contributed by atoms with van der Waals surface area (Å²) in [6.07, 6.45) is 0.878. The molecular weight excluding hydrogens is 334 g/mol. The molecule has 1 saturated heterocycles. The molecule has 7 nitrogen and oxygen atoms in total. The molecular formula is C19H19N3O4. The van der Waals surface area contributed by atoms with Crippen molar-refractivity contribution in [2.75, 3.05) is 16.8 Å². The molecule has 26 heavy (non-hydrogen) atoms. The fraction of sp³-hybridized carbons (Fsp3) is 0.263. The minimum absolute atomic E-state index is 0.0833. The van der Waals surface area contributed by atoms with E-state index in [1.807, 2.05) is 31.2 Å². The molecule has 2 amide bonds. The Morgan fingerprint density at radius 1 is 1.27 bits per heavy atom. The number of hydrogen-bond donors (Lipinski definition) is 1. The lowest BCUT2D eigenvalue weighted by molar-refractivity contribution is -0.384. The fourth-order valence-corrected chi connectivity index (χ4v) is 3.09. The quantitative estimate of drug-likeness (QED) is 0.660. The largest absolute Gasteiger partial charge is 0.326 e. The maximum absolute atomic E-state index is 12.6. The number of nitro groups is 1. The van der Waals surface area contributed by atoms with Gasteiger partial charge in [-0.1, -0.05) is 31.2 Å². The van der Waals surface area contributed by atoms with Crippen LogP contribution in [0.25, 0.3) is 0 Å². The van der Waals surface area contributed by atoms with Gasteiger partial charge in [-0.2, -0.15) is 0 Å². The lowest BCUT2D eigenvalue weighted by Gasteiger charge is -2.17. The summed E-state index contributed by atoms with van der Waals surface area (Å²) in [5.41, 5.74) is 2.13. The summed E-state index contributed by atoms with van der Waals surface area (Å²) < 4.78 is 0. The van der Waals surface area contributed by atoms with Gasteiger partial charge < -0.3 is 10.2 Å². The summed E-state index contributed by atoms with van der Waals surface area (Å²) in [4.78, 5) is 36.8. The topological polar surface area (TPSA) is 92.6 Å². The molecule has 0 radical (unpaired) electrons. The molecule has 1 aliphatic heterocycles. The second-order valence-corrected chi connectivity index (χ2v) is 6.18. The summed E-state index contributed by atoms with van der Waals surface area (Å²) >= 11 is 0. The van der Waals surface area contributed by atoms with Crippen LogP contribution in [0.2, 0.25) is 0 Å². The van der Waals surface area contributed by atoms with E-state index in [0.717, 1.165) is 17.7 Å². The number of anilines is 2. The Balaban J connectivity index is 1.74. The number of benzene rings is 2. The zero-order valence-corrected chi connectivity index (χ0v) is 14.3. The van der Waals surface area contributed by atoms with Crippen LogP contribution < -0.4 is 10.2 Å². The van der Waals surface area contributed by atoms with Crippen LogP contribution in [0.3, 0.4) is 0 Å². The molecule has 1 atom stereocenters.